The van der Waals surface area contributed by atoms with E-state index in [1.165, 1.54) is 0 Å². The third-order valence-corrected chi connectivity index (χ3v) is 3.00. The van der Waals surface area contributed by atoms with Crippen molar-refractivity contribution in [2.24, 2.45) is 5.92 Å². The number of aliphatic carboxylic acids is 1. The number of nitrogens with one attached hydrogen (secondary N) is 1. The van der Waals surface area contributed by atoms with Crippen LogP contribution in [0.3, 0.4) is 0 Å². The molecule has 0 aromatic heterocycles. The summed E-state index contributed by atoms with van der Waals surface area (Å²) in [6.45, 7) is 7.38. The Labute approximate surface area is 119 Å². The standard InChI is InChI=1S/C16H21NO3/c1-11(2)9-12(3)15(18)17-14(16(19)20)10-13-7-5-4-6-8-13/h4-8,12,14H,1,9-10H2,2-3H3,(H,17,18)(H,19,20)/t12?,14-/m0/s1. The second kappa shape index (κ2) is 7.48. The van der Waals surface area contributed by atoms with Gasteiger partial charge < -0.3 is 10.4 Å². The molecule has 0 fully saturated rings. The van der Waals surface area contributed by atoms with Crippen LogP contribution in [0.4, 0.5) is 0 Å². The van der Waals surface area contributed by atoms with Crippen LogP contribution < -0.4 is 5.32 Å². The fourth-order valence-electron chi connectivity index (χ4n) is 1.98. The first-order chi connectivity index (χ1) is 9.40. The van der Waals surface area contributed by atoms with E-state index in [-0.39, 0.29) is 18.2 Å². The van der Waals surface area contributed by atoms with Gasteiger partial charge in [-0.25, -0.2) is 4.79 Å². The Bertz CT molecular complexity index is 482. The van der Waals surface area contributed by atoms with Gasteiger partial charge in [0.05, 0.1) is 0 Å². The lowest BCUT2D eigenvalue weighted by Crippen LogP contribution is -2.44. The number of carbonyl (C=O) groups is 2. The van der Waals surface area contributed by atoms with Gasteiger partial charge in [-0.2, -0.15) is 0 Å². The van der Waals surface area contributed by atoms with Crippen LogP contribution >= 0.6 is 0 Å². The van der Waals surface area contributed by atoms with Gasteiger partial charge in [-0.15, -0.1) is 6.58 Å². The molecule has 0 aliphatic heterocycles. The van der Waals surface area contributed by atoms with Crippen LogP contribution in [0.15, 0.2) is 42.5 Å². The summed E-state index contributed by atoms with van der Waals surface area (Å²) in [5.41, 5.74) is 1.79. The van der Waals surface area contributed by atoms with Crippen LogP contribution in [0.25, 0.3) is 0 Å². The first-order valence-corrected chi connectivity index (χ1v) is 6.61. The van der Waals surface area contributed by atoms with E-state index in [0.29, 0.717) is 6.42 Å². The van der Waals surface area contributed by atoms with Gasteiger partial charge in [-0.05, 0) is 18.9 Å². The van der Waals surface area contributed by atoms with E-state index in [4.69, 9.17) is 0 Å². The average Bonchev–Trinajstić information content (AvgIpc) is 2.38. The number of carboxylic acids is 1. The third kappa shape index (κ3) is 5.26. The Balaban J connectivity index is 2.66. The molecule has 0 aliphatic carbocycles. The summed E-state index contributed by atoms with van der Waals surface area (Å²) in [5, 5.41) is 11.8. The lowest BCUT2D eigenvalue weighted by Gasteiger charge is -2.18. The molecule has 20 heavy (non-hydrogen) atoms. The summed E-state index contributed by atoms with van der Waals surface area (Å²) in [7, 11) is 0. The van der Waals surface area contributed by atoms with Gasteiger partial charge in [-0.3, -0.25) is 4.79 Å². The molecule has 0 radical (unpaired) electrons. The summed E-state index contributed by atoms with van der Waals surface area (Å²) in [4.78, 5) is 23.2. The molecular weight excluding hydrogens is 254 g/mol. The minimum absolute atomic E-state index is 0.253. The maximum absolute atomic E-state index is 12.0. The summed E-state index contributed by atoms with van der Waals surface area (Å²) in [6, 6.07) is 8.35. The second-order valence-corrected chi connectivity index (χ2v) is 5.15. The molecule has 0 bridgehead atoms. The van der Waals surface area contributed by atoms with Crippen LogP contribution in [0, 0.1) is 5.92 Å². The molecule has 0 aliphatic rings. The molecule has 108 valence electrons. The van der Waals surface area contributed by atoms with Crippen molar-refractivity contribution < 1.29 is 14.7 Å². The Hall–Kier alpha value is -2.10. The van der Waals surface area contributed by atoms with Crippen LogP contribution in [0.1, 0.15) is 25.8 Å². The highest BCUT2D eigenvalue weighted by Crippen LogP contribution is 2.10. The van der Waals surface area contributed by atoms with Gasteiger partial charge >= 0.3 is 5.97 Å². The van der Waals surface area contributed by atoms with E-state index in [9.17, 15) is 14.7 Å². The molecule has 0 saturated heterocycles. The van der Waals surface area contributed by atoms with Crippen molar-refractivity contribution in [3.63, 3.8) is 0 Å². The molecule has 0 heterocycles. The van der Waals surface area contributed by atoms with Crippen molar-refractivity contribution in [1.29, 1.82) is 0 Å². The quantitative estimate of drug-likeness (QED) is 0.751. The van der Waals surface area contributed by atoms with E-state index in [0.717, 1.165) is 11.1 Å². The SMILES string of the molecule is C=C(C)CC(C)C(=O)N[C@@H](Cc1ccccc1)C(=O)O. The minimum Gasteiger partial charge on any atom is -0.480 e. The normalized spacial score (nSPS) is 13.3. The molecule has 0 spiro atoms. The zero-order valence-corrected chi connectivity index (χ0v) is 11.9. The monoisotopic (exact) mass is 275 g/mol. The van der Waals surface area contributed by atoms with E-state index in [1.54, 1.807) is 6.92 Å². The predicted molar refractivity (Wildman–Crippen MR) is 78.3 cm³/mol. The Morgan fingerprint density at radius 1 is 1.30 bits per heavy atom. The van der Waals surface area contributed by atoms with E-state index >= 15 is 0 Å². The van der Waals surface area contributed by atoms with Gasteiger partial charge in [-0.1, -0.05) is 42.8 Å². The molecule has 1 rings (SSSR count). The Morgan fingerprint density at radius 3 is 2.40 bits per heavy atom. The number of benzene rings is 1. The third-order valence-electron chi connectivity index (χ3n) is 3.00. The van der Waals surface area contributed by atoms with Crippen molar-refractivity contribution in [3.05, 3.63) is 48.0 Å². The summed E-state index contributed by atoms with van der Waals surface area (Å²) < 4.78 is 0. The molecular formula is C16H21NO3. The van der Waals surface area contributed by atoms with E-state index < -0.39 is 12.0 Å². The fraction of sp³-hybridized carbons (Fsp3) is 0.375. The molecule has 0 saturated carbocycles. The van der Waals surface area contributed by atoms with Gasteiger partial charge in [0.2, 0.25) is 5.91 Å². The number of hydrogen-bond acceptors (Lipinski definition) is 2. The number of carbonyl (C=O) groups excluding carboxylic acids is 1. The maximum Gasteiger partial charge on any atom is 0.326 e. The zero-order chi connectivity index (χ0) is 15.1. The summed E-state index contributed by atoms with van der Waals surface area (Å²) in [5.74, 6) is -1.55. The number of carboxylic acid groups (broad SMARTS) is 1. The molecule has 1 aromatic rings. The molecule has 1 aromatic carbocycles. The Morgan fingerprint density at radius 2 is 1.90 bits per heavy atom. The molecule has 2 atom stereocenters. The van der Waals surface area contributed by atoms with Crippen LogP contribution in [0.2, 0.25) is 0 Å². The van der Waals surface area contributed by atoms with E-state index in [2.05, 4.69) is 11.9 Å². The molecule has 4 heteroatoms. The number of amides is 1. The number of allylic oxidation sites excluding steroid dienone is 1. The highest BCUT2D eigenvalue weighted by atomic mass is 16.4. The van der Waals surface area contributed by atoms with Crippen LogP contribution in [0.5, 0.6) is 0 Å². The van der Waals surface area contributed by atoms with Gasteiger partial charge in [0, 0.05) is 12.3 Å². The molecule has 4 nitrogen and oxygen atoms in total. The lowest BCUT2D eigenvalue weighted by molar-refractivity contribution is -0.142. The first kappa shape index (κ1) is 16.0. The lowest BCUT2D eigenvalue weighted by atomic mass is 10.0. The topological polar surface area (TPSA) is 66.4 Å². The molecule has 2 N–H and O–H groups in total. The summed E-state index contributed by atoms with van der Waals surface area (Å²) in [6.07, 6.45) is 0.839. The van der Waals surface area contributed by atoms with Crippen LogP contribution in [-0.4, -0.2) is 23.0 Å². The fourth-order valence-corrected chi connectivity index (χ4v) is 1.98. The number of rotatable bonds is 7. The average molecular weight is 275 g/mol. The smallest absolute Gasteiger partial charge is 0.326 e. The zero-order valence-electron chi connectivity index (χ0n) is 11.9. The minimum atomic E-state index is -1.02. The largest absolute Gasteiger partial charge is 0.480 e. The first-order valence-electron chi connectivity index (χ1n) is 6.61. The van der Waals surface area contributed by atoms with Crippen molar-refractivity contribution in [1.82, 2.24) is 5.32 Å². The summed E-state index contributed by atoms with van der Waals surface area (Å²) >= 11 is 0. The van der Waals surface area contributed by atoms with Crippen molar-refractivity contribution in [3.8, 4) is 0 Å². The van der Waals surface area contributed by atoms with Crippen molar-refractivity contribution in [2.75, 3.05) is 0 Å². The predicted octanol–water partition coefficient (Wildman–Crippen LogP) is 2.40. The molecule has 1 amide bonds. The van der Waals surface area contributed by atoms with Crippen molar-refractivity contribution >= 4 is 11.9 Å². The van der Waals surface area contributed by atoms with Crippen molar-refractivity contribution in [2.45, 2.75) is 32.7 Å². The van der Waals surface area contributed by atoms with Gasteiger partial charge in [0.15, 0.2) is 0 Å². The van der Waals surface area contributed by atoms with Gasteiger partial charge in [0.25, 0.3) is 0 Å². The second-order valence-electron chi connectivity index (χ2n) is 5.15. The van der Waals surface area contributed by atoms with E-state index in [1.807, 2.05) is 37.3 Å². The maximum atomic E-state index is 12.0. The number of hydrogen-bond donors (Lipinski definition) is 2. The highest BCUT2D eigenvalue weighted by Gasteiger charge is 2.23. The van der Waals surface area contributed by atoms with Gasteiger partial charge in [0.1, 0.15) is 6.04 Å². The molecule has 1 unspecified atom stereocenters. The Kier molecular flexibility index (Phi) is 5.97. The highest BCUT2D eigenvalue weighted by molar-refractivity contribution is 5.85. The van der Waals surface area contributed by atoms with Crippen LogP contribution in [-0.2, 0) is 16.0 Å².